The van der Waals surface area contributed by atoms with Crippen LogP contribution in [-0.2, 0) is 17.0 Å². The van der Waals surface area contributed by atoms with Crippen LogP contribution in [0.1, 0.15) is 5.56 Å². The van der Waals surface area contributed by atoms with Crippen LogP contribution in [0.3, 0.4) is 0 Å². The van der Waals surface area contributed by atoms with Gasteiger partial charge in [0.2, 0.25) is 0 Å². The molecule has 0 aliphatic heterocycles. The lowest BCUT2D eigenvalue weighted by Crippen LogP contribution is -2.39. The van der Waals surface area contributed by atoms with Crippen molar-refractivity contribution < 1.29 is 14.9 Å². The average molecular weight is 321 g/mol. The molecule has 0 saturated heterocycles. The van der Waals surface area contributed by atoms with Crippen LogP contribution in [0.2, 0.25) is 25.7 Å². The van der Waals surface area contributed by atoms with E-state index in [0.717, 1.165) is 5.56 Å². The largest absolute Gasteiger partial charge is 0.384 e. The molecule has 1 atom stereocenters. The topological polar surface area (TPSA) is 69.4 Å². The Hall–Kier alpha value is -1.70. The molecule has 0 bridgehead atoms. The summed E-state index contributed by atoms with van der Waals surface area (Å²) in [5, 5.41) is 15.5. The maximum atomic E-state index is 11.3. The van der Waals surface area contributed by atoms with Gasteiger partial charge >= 0.3 is 0 Å². The number of rotatable bonds is 7. The summed E-state index contributed by atoms with van der Waals surface area (Å²) in [5.74, 6) is 0.563. The minimum atomic E-state index is -1.53. The van der Waals surface area contributed by atoms with Crippen LogP contribution in [0.25, 0.3) is 0 Å². The van der Waals surface area contributed by atoms with Gasteiger partial charge in [0.1, 0.15) is 18.3 Å². The quantitative estimate of drug-likeness (QED) is 0.482. The highest BCUT2D eigenvalue weighted by Crippen LogP contribution is 2.34. The van der Waals surface area contributed by atoms with Gasteiger partial charge in [0.25, 0.3) is 0 Å². The van der Waals surface area contributed by atoms with E-state index in [2.05, 4.69) is 29.7 Å². The minimum absolute atomic E-state index is 0.355. The smallest absolute Gasteiger partial charge is 0.165 e. The molecule has 0 aliphatic rings. The van der Waals surface area contributed by atoms with Gasteiger partial charge in [-0.15, -0.1) is 0 Å². The Labute approximate surface area is 131 Å². The number of hydrogen-bond donors (Lipinski definition) is 1. The summed E-state index contributed by atoms with van der Waals surface area (Å²) in [6.07, 6.45) is 3.09. The van der Waals surface area contributed by atoms with E-state index in [1.807, 2.05) is 12.1 Å². The van der Waals surface area contributed by atoms with Gasteiger partial charge in [-0.3, -0.25) is 0 Å². The van der Waals surface area contributed by atoms with E-state index >= 15 is 0 Å². The summed E-state index contributed by atoms with van der Waals surface area (Å²) in [6.45, 7) is 7.05. The molecule has 22 heavy (non-hydrogen) atoms. The fraction of sp³-hybridized carbons (Fsp3) is 0.467. The first-order valence-electron chi connectivity index (χ1n) is 7.18. The summed E-state index contributed by atoms with van der Waals surface area (Å²) in [7, 11) is -0.0736. The van der Waals surface area contributed by atoms with Crippen LogP contribution in [0.15, 0.2) is 36.9 Å². The Morgan fingerprint density at radius 1 is 1.32 bits per heavy atom. The average Bonchev–Trinajstić information content (AvgIpc) is 2.90. The molecule has 1 aromatic carbocycles. The third-order valence-corrected chi connectivity index (χ3v) is 4.91. The molecule has 1 unspecified atom stereocenters. The second-order valence-electron chi connectivity index (χ2n) is 6.64. The van der Waals surface area contributed by atoms with E-state index < -0.39 is 13.7 Å². The zero-order chi connectivity index (χ0) is 16.2. The summed E-state index contributed by atoms with van der Waals surface area (Å²) in [4.78, 5) is 13.7. The molecule has 1 aromatic heterocycles. The fourth-order valence-corrected chi connectivity index (χ4v) is 4.71. The van der Waals surface area contributed by atoms with Crippen molar-refractivity contribution in [3.63, 3.8) is 0 Å². The Kier molecular flexibility index (Phi) is 5.00. The van der Waals surface area contributed by atoms with Gasteiger partial charge in [-0.25, -0.2) is 9.67 Å². The van der Waals surface area contributed by atoms with Gasteiger partial charge in [-0.05, 0) is 23.7 Å². The van der Waals surface area contributed by atoms with E-state index in [1.165, 1.54) is 13.4 Å². The molecule has 0 spiro atoms. The molecular weight excluding hydrogens is 298 g/mol. The lowest BCUT2D eigenvalue weighted by Gasteiger charge is -2.34. The van der Waals surface area contributed by atoms with Crippen LogP contribution in [0, 0.1) is 0 Å². The third-order valence-electron chi connectivity index (χ3n) is 3.26. The first-order chi connectivity index (χ1) is 10.3. The van der Waals surface area contributed by atoms with Crippen molar-refractivity contribution in [1.82, 2.24) is 14.8 Å². The number of hydrogen-bond acceptors (Lipinski definition) is 5. The zero-order valence-corrected chi connectivity index (χ0v) is 14.5. The van der Waals surface area contributed by atoms with E-state index in [4.69, 9.17) is 9.78 Å². The van der Waals surface area contributed by atoms with E-state index in [0.29, 0.717) is 18.3 Å². The van der Waals surface area contributed by atoms with Gasteiger partial charge in [0.15, 0.2) is 5.75 Å². The Morgan fingerprint density at radius 2 is 2.09 bits per heavy atom. The van der Waals surface area contributed by atoms with Gasteiger partial charge < -0.3 is 9.99 Å². The first kappa shape index (κ1) is 16.7. The highest BCUT2D eigenvalue weighted by Gasteiger charge is 2.36. The molecule has 1 N–H and O–H groups in total. The first-order valence-corrected chi connectivity index (χ1v) is 10.9. The van der Waals surface area contributed by atoms with Crippen molar-refractivity contribution in [3.8, 4) is 5.75 Å². The van der Waals surface area contributed by atoms with Crippen LogP contribution < -0.4 is 4.89 Å². The number of benzene rings is 1. The Morgan fingerprint density at radius 3 is 2.68 bits per heavy atom. The lowest BCUT2D eigenvalue weighted by molar-refractivity contribution is -0.178. The molecule has 0 radical (unpaired) electrons. The normalized spacial score (nSPS) is 14.6. The van der Waals surface area contributed by atoms with Gasteiger partial charge in [-0.1, -0.05) is 31.8 Å². The molecule has 2 rings (SSSR count). The highest BCUT2D eigenvalue weighted by atomic mass is 28.3. The predicted molar refractivity (Wildman–Crippen MR) is 86.2 cm³/mol. The van der Waals surface area contributed by atoms with Crippen molar-refractivity contribution >= 4 is 8.07 Å². The van der Waals surface area contributed by atoms with Crippen molar-refractivity contribution in [3.05, 3.63) is 42.5 Å². The maximum absolute atomic E-state index is 11.3. The zero-order valence-electron chi connectivity index (χ0n) is 13.5. The number of aliphatic hydroxyl groups is 1. The van der Waals surface area contributed by atoms with E-state index in [1.54, 1.807) is 23.1 Å². The highest BCUT2D eigenvalue weighted by molar-refractivity contribution is 6.76. The number of nitrogens with zero attached hydrogens (tertiary/aromatic N) is 3. The molecule has 0 saturated carbocycles. The van der Waals surface area contributed by atoms with Gasteiger partial charge in [0.05, 0.1) is 13.7 Å². The Bertz CT molecular complexity index is 598. The summed E-state index contributed by atoms with van der Waals surface area (Å²) in [6, 6.07) is 8.05. The molecule has 2 aromatic rings. The Balaban J connectivity index is 2.36. The molecule has 1 heterocycles. The molecule has 0 fully saturated rings. The van der Waals surface area contributed by atoms with E-state index in [9.17, 15) is 5.11 Å². The standard InChI is InChI=1S/C15H23N3O3Si/c1-20-21-14-7-5-6-13(8-14)15(19,10-22(2,3)4)9-18-12-16-11-17-18/h5-8,11-12,19H,9-10H2,1-4H3. The molecule has 0 amide bonds. The second kappa shape index (κ2) is 6.60. The molecule has 120 valence electrons. The summed E-state index contributed by atoms with van der Waals surface area (Å²) in [5.41, 5.74) is -0.231. The maximum Gasteiger partial charge on any atom is 0.165 e. The summed E-state index contributed by atoms with van der Waals surface area (Å²) < 4.78 is 1.66. The van der Waals surface area contributed by atoms with Crippen molar-refractivity contribution in [1.29, 1.82) is 0 Å². The van der Waals surface area contributed by atoms with Gasteiger partial charge in [-0.2, -0.15) is 9.99 Å². The van der Waals surface area contributed by atoms with Crippen molar-refractivity contribution in [2.45, 2.75) is 37.8 Å². The van der Waals surface area contributed by atoms with Crippen molar-refractivity contribution in [2.24, 2.45) is 0 Å². The fourth-order valence-electron chi connectivity index (χ4n) is 2.64. The number of aromatic nitrogens is 3. The van der Waals surface area contributed by atoms with E-state index in [-0.39, 0.29) is 0 Å². The van der Waals surface area contributed by atoms with Crippen LogP contribution in [0.4, 0.5) is 0 Å². The van der Waals surface area contributed by atoms with Crippen LogP contribution in [-0.4, -0.2) is 35.1 Å². The molecule has 7 heteroatoms. The molecular formula is C15H23N3O3Si. The summed E-state index contributed by atoms with van der Waals surface area (Å²) >= 11 is 0. The SMILES string of the molecule is COOc1cccc(C(O)(Cn2cncn2)C[Si](C)(C)C)c1. The van der Waals surface area contributed by atoms with Crippen LogP contribution in [0.5, 0.6) is 5.75 Å². The van der Waals surface area contributed by atoms with Crippen molar-refractivity contribution in [2.75, 3.05) is 7.11 Å². The lowest BCUT2D eigenvalue weighted by atomic mass is 9.95. The second-order valence-corrected chi connectivity index (χ2v) is 12.1. The minimum Gasteiger partial charge on any atom is -0.384 e. The predicted octanol–water partition coefficient (Wildman–Crippen LogP) is 2.44. The molecule has 0 aliphatic carbocycles. The van der Waals surface area contributed by atoms with Crippen LogP contribution >= 0.6 is 0 Å². The molecule has 6 nitrogen and oxygen atoms in total. The van der Waals surface area contributed by atoms with Gasteiger partial charge in [0, 0.05) is 8.07 Å². The third kappa shape index (κ3) is 4.39. The monoisotopic (exact) mass is 321 g/mol.